The van der Waals surface area contributed by atoms with Gasteiger partial charge in [-0.05, 0) is 24.5 Å². The number of ether oxygens (including phenoxy) is 1. The fourth-order valence-corrected chi connectivity index (χ4v) is 6.53. The van der Waals surface area contributed by atoms with Crippen molar-refractivity contribution in [1.82, 2.24) is 9.97 Å². The number of likely N-dealkylation sites (N-methyl/N-ethyl adjacent to an activating group) is 1. The number of benzene rings is 1. The number of amides is 1. The lowest BCUT2D eigenvalue weighted by molar-refractivity contribution is -0.939. The number of hydrogen-bond acceptors (Lipinski definition) is 5. The molecule has 1 atom stereocenters. The molecule has 6 rings (SSSR count). The van der Waals surface area contributed by atoms with Gasteiger partial charge in [-0.2, -0.15) is 0 Å². The molecule has 1 aromatic heterocycles. The van der Waals surface area contributed by atoms with Crippen molar-refractivity contribution in [2.24, 2.45) is 5.92 Å². The lowest BCUT2D eigenvalue weighted by Gasteiger charge is -2.52. The molecule has 4 fully saturated rings. The lowest BCUT2D eigenvalue weighted by Crippen LogP contribution is -3.00. The van der Waals surface area contributed by atoms with Gasteiger partial charge in [0.2, 0.25) is 0 Å². The van der Waals surface area contributed by atoms with Gasteiger partial charge < -0.3 is 21.6 Å². The number of fused-ring (bicyclic) bond motifs is 3. The van der Waals surface area contributed by atoms with Crippen LogP contribution in [0.25, 0.3) is 0 Å². The summed E-state index contributed by atoms with van der Waals surface area (Å²) in [5, 5.41) is 0. The summed E-state index contributed by atoms with van der Waals surface area (Å²) in [5.74, 6) is 0.995. The summed E-state index contributed by atoms with van der Waals surface area (Å²) >= 11 is 0. The summed E-state index contributed by atoms with van der Waals surface area (Å²) in [6, 6.07) is 12.0. The SMILES string of the molecule is CN(C(=O)C[N+]12CCC(CC1)C(OC(=O)C1(c3ccccc3)CCCCCC1)C2)c1ccncn1.[Cl-]. The van der Waals surface area contributed by atoms with Gasteiger partial charge in [0.15, 0.2) is 12.6 Å². The van der Waals surface area contributed by atoms with Crippen LogP contribution >= 0.6 is 0 Å². The summed E-state index contributed by atoms with van der Waals surface area (Å²) in [5.41, 5.74) is 0.552. The zero-order valence-electron chi connectivity index (χ0n) is 21.2. The highest BCUT2D eigenvalue weighted by atomic mass is 35.5. The summed E-state index contributed by atoms with van der Waals surface area (Å²) in [7, 11) is 1.77. The molecule has 2 aromatic rings. The van der Waals surface area contributed by atoms with Gasteiger partial charge in [-0.3, -0.25) is 14.5 Å². The van der Waals surface area contributed by atoms with Crippen LogP contribution in [0.2, 0.25) is 0 Å². The standard InChI is InChI=1S/C28H37N4O3.ClH/c1-31(25-11-16-29-21-30-25)26(33)20-32-17-12-22(13-18-32)24(19-32)35-27(34)28(14-7-2-3-8-15-28)23-9-5-4-6-10-23;/h4-6,9-11,16,21-22,24H,2-3,7-8,12-15,17-20H2,1H3;1H/q+1;/p-1. The third-order valence-corrected chi connectivity index (χ3v) is 8.73. The summed E-state index contributed by atoms with van der Waals surface area (Å²) in [4.78, 5) is 36.9. The molecule has 1 aliphatic carbocycles. The number of piperidine rings is 3. The molecule has 1 aromatic carbocycles. The van der Waals surface area contributed by atoms with Gasteiger partial charge in [-0.1, -0.05) is 56.0 Å². The maximum Gasteiger partial charge on any atom is 0.317 e. The number of aromatic nitrogens is 2. The average molecular weight is 513 g/mol. The molecule has 7 nitrogen and oxygen atoms in total. The Hall–Kier alpha value is -2.51. The fourth-order valence-electron chi connectivity index (χ4n) is 6.53. The number of rotatable bonds is 6. The van der Waals surface area contributed by atoms with Crippen LogP contribution in [0.5, 0.6) is 0 Å². The van der Waals surface area contributed by atoms with Crippen LogP contribution in [0.1, 0.15) is 56.9 Å². The molecule has 0 N–H and O–H groups in total. The van der Waals surface area contributed by atoms with Gasteiger partial charge in [0, 0.05) is 32.0 Å². The van der Waals surface area contributed by atoms with E-state index in [0.29, 0.717) is 22.8 Å². The van der Waals surface area contributed by atoms with E-state index in [2.05, 4.69) is 22.1 Å². The summed E-state index contributed by atoms with van der Waals surface area (Å²) in [6.45, 7) is 3.06. The summed E-state index contributed by atoms with van der Waals surface area (Å²) in [6.07, 6.45) is 11.2. The fraction of sp³-hybridized carbons (Fsp3) is 0.571. The Morgan fingerprint density at radius 1 is 1.06 bits per heavy atom. The molecule has 2 bridgehead atoms. The van der Waals surface area contributed by atoms with Crippen molar-refractivity contribution < 1.29 is 31.2 Å². The number of anilines is 1. The van der Waals surface area contributed by atoms with Crippen molar-refractivity contribution in [3.63, 3.8) is 0 Å². The second-order valence-corrected chi connectivity index (χ2v) is 10.8. The number of nitrogens with zero attached hydrogens (tertiary/aromatic N) is 4. The van der Waals surface area contributed by atoms with E-state index in [1.54, 1.807) is 24.2 Å². The Morgan fingerprint density at radius 2 is 1.75 bits per heavy atom. The first kappa shape index (κ1) is 26.6. The van der Waals surface area contributed by atoms with Crippen molar-refractivity contribution in [2.45, 2.75) is 62.9 Å². The van der Waals surface area contributed by atoms with E-state index in [0.717, 1.165) is 63.7 Å². The van der Waals surface area contributed by atoms with Gasteiger partial charge in [-0.15, -0.1) is 0 Å². The molecule has 0 radical (unpaired) electrons. The normalized spacial score (nSPS) is 26.8. The lowest BCUT2D eigenvalue weighted by atomic mass is 9.74. The van der Waals surface area contributed by atoms with Gasteiger partial charge >= 0.3 is 5.97 Å². The quantitative estimate of drug-likeness (QED) is 0.326. The average Bonchev–Trinajstić information content (AvgIpc) is 3.17. The minimum atomic E-state index is -0.544. The van der Waals surface area contributed by atoms with Gasteiger partial charge in [0.1, 0.15) is 18.7 Å². The Balaban J connectivity index is 0.00000304. The molecule has 8 heteroatoms. The minimum Gasteiger partial charge on any atom is -1.00 e. The first-order valence-electron chi connectivity index (χ1n) is 13.2. The van der Waals surface area contributed by atoms with E-state index >= 15 is 0 Å². The maximum absolute atomic E-state index is 13.9. The predicted molar refractivity (Wildman–Crippen MR) is 134 cm³/mol. The third-order valence-electron chi connectivity index (χ3n) is 8.73. The van der Waals surface area contributed by atoms with Crippen LogP contribution in [0, 0.1) is 5.92 Å². The van der Waals surface area contributed by atoms with Crippen molar-refractivity contribution in [3.8, 4) is 0 Å². The first-order chi connectivity index (χ1) is 17.0. The molecular formula is C28H37ClN4O3. The minimum absolute atomic E-state index is 0. The van der Waals surface area contributed by atoms with Crippen LogP contribution in [0.4, 0.5) is 5.82 Å². The van der Waals surface area contributed by atoms with E-state index in [-0.39, 0.29) is 30.4 Å². The summed E-state index contributed by atoms with van der Waals surface area (Å²) < 4.78 is 7.13. The van der Waals surface area contributed by atoms with E-state index < -0.39 is 5.41 Å². The van der Waals surface area contributed by atoms with Crippen LogP contribution in [0.3, 0.4) is 0 Å². The van der Waals surface area contributed by atoms with Crippen molar-refractivity contribution in [2.75, 3.05) is 38.1 Å². The van der Waals surface area contributed by atoms with Gasteiger partial charge in [0.25, 0.3) is 5.91 Å². The highest BCUT2D eigenvalue weighted by Gasteiger charge is 2.51. The molecule has 36 heavy (non-hydrogen) atoms. The number of quaternary nitrogens is 1. The predicted octanol–water partition coefficient (Wildman–Crippen LogP) is 0.888. The second-order valence-electron chi connectivity index (χ2n) is 10.8. The molecule has 3 aliphatic heterocycles. The maximum atomic E-state index is 13.9. The van der Waals surface area contributed by atoms with Gasteiger partial charge in [0.05, 0.1) is 18.5 Å². The van der Waals surface area contributed by atoms with Gasteiger partial charge in [-0.25, -0.2) is 9.97 Å². The van der Waals surface area contributed by atoms with Crippen LogP contribution in [0.15, 0.2) is 48.9 Å². The zero-order chi connectivity index (χ0) is 24.3. The largest absolute Gasteiger partial charge is 1.00 e. The molecule has 4 aliphatic rings. The van der Waals surface area contributed by atoms with Crippen molar-refractivity contribution >= 4 is 17.7 Å². The molecule has 1 unspecified atom stereocenters. The molecule has 0 spiro atoms. The van der Waals surface area contributed by atoms with Crippen molar-refractivity contribution in [1.29, 1.82) is 0 Å². The Kier molecular flexibility index (Phi) is 8.30. The Labute approximate surface area is 220 Å². The number of halogens is 1. The molecule has 4 heterocycles. The Bertz CT molecular complexity index is 1020. The number of esters is 1. The molecule has 1 amide bonds. The van der Waals surface area contributed by atoms with Crippen molar-refractivity contribution in [3.05, 3.63) is 54.5 Å². The Morgan fingerprint density at radius 3 is 2.39 bits per heavy atom. The van der Waals surface area contributed by atoms with Crippen LogP contribution in [-0.2, 0) is 19.7 Å². The highest BCUT2D eigenvalue weighted by molar-refractivity contribution is 5.92. The van der Waals surface area contributed by atoms with E-state index in [1.165, 1.54) is 19.2 Å². The third kappa shape index (κ3) is 5.28. The van der Waals surface area contributed by atoms with Crippen LogP contribution in [-0.4, -0.2) is 65.7 Å². The monoisotopic (exact) mass is 512 g/mol. The molecule has 1 saturated carbocycles. The van der Waals surface area contributed by atoms with Crippen LogP contribution < -0.4 is 17.3 Å². The van der Waals surface area contributed by atoms with E-state index in [1.807, 2.05) is 18.2 Å². The topological polar surface area (TPSA) is 72.4 Å². The number of carbonyl (C=O) groups is 2. The van der Waals surface area contributed by atoms with E-state index in [9.17, 15) is 9.59 Å². The first-order valence-corrected chi connectivity index (χ1v) is 13.2. The second kappa shape index (κ2) is 11.3. The smallest absolute Gasteiger partial charge is 0.317 e. The number of hydrogen-bond donors (Lipinski definition) is 0. The molecule has 194 valence electrons. The number of carbonyl (C=O) groups excluding carboxylic acids is 2. The highest BCUT2D eigenvalue weighted by Crippen LogP contribution is 2.42. The van der Waals surface area contributed by atoms with E-state index in [4.69, 9.17) is 4.74 Å². The molecule has 3 saturated heterocycles. The zero-order valence-corrected chi connectivity index (χ0v) is 21.9. The molecular weight excluding hydrogens is 476 g/mol.